The van der Waals surface area contributed by atoms with Crippen LogP contribution in [0.5, 0.6) is 5.75 Å². The molecule has 1 aliphatic rings. The zero-order chi connectivity index (χ0) is 16.3. The van der Waals surface area contributed by atoms with Gasteiger partial charge in [-0.3, -0.25) is 20.3 Å². The minimum atomic E-state index is -2.50. The van der Waals surface area contributed by atoms with Crippen LogP contribution in [0.15, 0.2) is 24.3 Å². The van der Waals surface area contributed by atoms with Crippen LogP contribution in [-0.2, 0) is 9.36 Å². The molecular formula is C13H18N4O4P+. The van der Waals surface area contributed by atoms with Gasteiger partial charge in [-0.15, -0.1) is 5.09 Å². The third kappa shape index (κ3) is 3.09. The van der Waals surface area contributed by atoms with Gasteiger partial charge in [0.15, 0.2) is 0 Å². The molecule has 1 aromatic carbocycles. The maximum absolute atomic E-state index is 12.3. The predicted octanol–water partition coefficient (Wildman–Crippen LogP) is 0.319. The molecule has 1 aromatic rings. The molecule has 0 saturated carbocycles. The molecule has 2 rings (SSSR count). The fourth-order valence-corrected chi connectivity index (χ4v) is 3.34. The summed E-state index contributed by atoms with van der Waals surface area (Å²) in [6.45, 7) is 0.355. The number of rotatable bonds is 4. The third-order valence-electron chi connectivity index (χ3n) is 3.51. The van der Waals surface area contributed by atoms with E-state index < -0.39 is 25.0 Å². The molecule has 0 bridgehead atoms. The molecule has 1 aliphatic heterocycles. The first-order valence-electron chi connectivity index (χ1n) is 6.66. The maximum Gasteiger partial charge on any atom is 0.495 e. The minimum absolute atomic E-state index is 0.206. The molecule has 9 heteroatoms. The molecule has 1 heterocycles. The monoisotopic (exact) mass is 325 g/mol. The SMILES string of the molecule is COc1ccc(C(=O)N[P+](=O)[C@@]2(N)CCCN(N)C2=O)cc1. The van der Waals surface area contributed by atoms with Crippen LogP contribution in [0, 0.1) is 0 Å². The number of piperidine rings is 1. The van der Waals surface area contributed by atoms with Crippen molar-refractivity contribution >= 4 is 19.8 Å². The first-order chi connectivity index (χ1) is 10.4. The van der Waals surface area contributed by atoms with Crippen molar-refractivity contribution in [3.05, 3.63) is 29.8 Å². The van der Waals surface area contributed by atoms with Crippen LogP contribution in [0.2, 0.25) is 0 Å². The maximum atomic E-state index is 12.3. The fourth-order valence-electron chi connectivity index (χ4n) is 2.16. The highest BCUT2D eigenvalue weighted by Crippen LogP contribution is 2.38. The van der Waals surface area contributed by atoms with E-state index in [2.05, 4.69) is 5.09 Å². The Kier molecular flexibility index (Phi) is 4.75. The van der Waals surface area contributed by atoms with Gasteiger partial charge in [0, 0.05) is 18.5 Å². The quantitative estimate of drug-likeness (QED) is 0.415. The lowest BCUT2D eigenvalue weighted by Crippen LogP contribution is -2.60. The molecule has 5 N–H and O–H groups in total. The number of hydrogen-bond acceptors (Lipinski definition) is 6. The summed E-state index contributed by atoms with van der Waals surface area (Å²) in [5.41, 5.74) is 6.21. The molecule has 2 amide bonds. The van der Waals surface area contributed by atoms with Gasteiger partial charge in [0.1, 0.15) is 5.75 Å². The summed E-state index contributed by atoms with van der Waals surface area (Å²) in [5.74, 6) is 4.91. The molecule has 0 spiro atoms. The number of hydrazine groups is 1. The van der Waals surface area contributed by atoms with Crippen molar-refractivity contribution in [2.75, 3.05) is 13.7 Å². The summed E-state index contributed by atoms with van der Waals surface area (Å²) in [4.78, 5) is 24.1. The van der Waals surface area contributed by atoms with E-state index in [1.165, 1.54) is 19.2 Å². The normalized spacial score (nSPS) is 22.2. The van der Waals surface area contributed by atoms with Gasteiger partial charge in [-0.05, 0) is 35.3 Å². The number of nitrogens with zero attached hydrogens (tertiary/aromatic N) is 1. The van der Waals surface area contributed by atoms with Gasteiger partial charge in [-0.25, -0.2) is 5.84 Å². The van der Waals surface area contributed by atoms with Crippen LogP contribution in [0.4, 0.5) is 0 Å². The molecule has 1 unspecified atom stereocenters. The Bertz CT molecular complexity index is 607. The van der Waals surface area contributed by atoms with Gasteiger partial charge in [0.05, 0.1) is 7.11 Å². The average molecular weight is 325 g/mol. The first kappa shape index (κ1) is 16.4. The van der Waals surface area contributed by atoms with Crippen LogP contribution in [-0.4, -0.2) is 35.8 Å². The van der Waals surface area contributed by atoms with Crippen LogP contribution in [0.3, 0.4) is 0 Å². The van der Waals surface area contributed by atoms with Crippen LogP contribution < -0.4 is 21.4 Å². The van der Waals surface area contributed by atoms with Gasteiger partial charge in [0.2, 0.25) is 0 Å². The fraction of sp³-hybridized carbons (Fsp3) is 0.385. The summed E-state index contributed by atoms with van der Waals surface area (Å²) >= 11 is 0. The zero-order valence-electron chi connectivity index (χ0n) is 12.1. The van der Waals surface area contributed by atoms with Crippen LogP contribution >= 0.6 is 7.95 Å². The Hall–Kier alpha value is -2.02. The van der Waals surface area contributed by atoms with E-state index in [1.54, 1.807) is 12.1 Å². The lowest BCUT2D eigenvalue weighted by atomic mass is 10.1. The zero-order valence-corrected chi connectivity index (χ0v) is 13.0. The van der Waals surface area contributed by atoms with Crippen molar-refractivity contribution in [2.24, 2.45) is 11.6 Å². The second-order valence-corrected chi connectivity index (χ2v) is 6.60. The number of ether oxygens (including phenoxy) is 1. The van der Waals surface area contributed by atoms with Crippen molar-refractivity contribution in [1.82, 2.24) is 10.1 Å². The number of benzene rings is 1. The predicted molar refractivity (Wildman–Crippen MR) is 80.1 cm³/mol. The summed E-state index contributed by atoms with van der Waals surface area (Å²) in [5, 5.41) is 1.57. The Morgan fingerprint density at radius 1 is 1.41 bits per heavy atom. The number of carbonyl (C=O) groups excluding carboxylic acids is 2. The lowest BCUT2D eigenvalue weighted by molar-refractivity contribution is -0.136. The molecule has 8 nitrogen and oxygen atoms in total. The Labute approximate surface area is 128 Å². The first-order valence-corrected chi connectivity index (χ1v) is 7.92. The van der Waals surface area contributed by atoms with Gasteiger partial charge < -0.3 is 4.74 Å². The summed E-state index contributed by atoms with van der Waals surface area (Å²) in [7, 11) is -0.984. The molecule has 0 aliphatic carbocycles. The highest BCUT2D eigenvalue weighted by molar-refractivity contribution is 7.46. The summed E-state index contributed by atoms with van der Waals surface area (Å²) < 4.78 is 17.3. The minimum Gasteiger partial charge on any atom is -0.497 e. The standard InChI is InChI=1S/C13H17N4O4P/c1-21-10-5-3-9(4-6-10)11(18)16-22(20)13(14)7-2-8-17(15)12(13)19/h3-6H,2,7-8,14-15H2,1H3/p+1/t13-/m0/s1. The van der Waals surface area contributed by atoms with Gasteiger partial charge in [-0.2, -0.15) is 0 Å². The molecule has 2 atom stereocenters. The van der Waals surface area contributed by atoms with Crippen LogP contribution in [0.1, 0.15) is 23.2 Å². The van der Waals surface area contributed by atoms with Gasteiger partial charge in [-0.1, -0.05) is 0 Å². The largest absolute Gasteiger partial charge is 0.497 e. The number of methoxy groups -OCH3 is 1. The van der Waals surface area contributed by atoms with Gasteiger partial charge >= 0.3 is 19.1 Å². The van der Waals surface area contributed by atoms with E-state index in [1.807, 2.05) is 0 Å². The lowest BCUT2D eigenvalue weighted by Gasteiger charge is -2.28. The van der Waals surface area contributed by atoms with E-state index in [-0.39, 0.29) is 6.42 Å². The highest BCUT2D eigenvalue weighted by atomic mass is 31.1. The van der Waals surface area contributed by atoms with Crippen molar-refractivity contribution in [2.45, 2.75) is 18.1 Å². The molecule has 22 heavy (non-hydrogen) atoms. The van der Waals surface area contributed by atoms with Crippen molar-refractivity contribution in [3.63, 3.8) is 0 Å². The summed E-state index contributed by atoms with van der Waals surface area (Å²) in [6.07, 6.45) is 0.732. The van der Waals surface area contributed by atoms with E-state index in [0.29, 0.717) is 24.3 Å². The number of carbonyl (C=O) groups is 2. The second-order valence-electron chi connectivity index (χ2n) is 4.99. The number of hydrogen-bond donors (Lipinski definition) is 3. The van der Waals surface area contributed by atoms with E-state index >= 15 is 0 Å². The Balaban J connectivity index is 2.10. The third-order valence-corrected chi connectivity index (χ3v) is 5.05. The average Bonchev–Trinajstić information content (AvgIpc) is 2.52. The smallest absolute Gasteiger partial charge is 0.495 e. The Morgan fingerprint density at radius 3 is 2.64 bits per heavy atom. The summed E-state index contributed by atoms with van der Waals surface area (Å²) in [6, 6.07) is 6.26. The number of nitrogens with two attached hydrogens (primary N) is 2. The van der Waals surface area contributed by atoms with Crippen molar-refractivity contribution < 1.29 is 18.9 Å². The van der Waals surface area contributed by atoms with E-state index in [9.17, 15) is 14.2 Å². The highest BCUT2D eigenvalue weighted by Gasteiger charge is 2.57. The van der Waals surface area contributed by atoms with Crippen LogP contribution in [0.25, 0.3) is 0 Å². The van der Waals surface area contributed by atoms with Crippen molar-refractivity contribution in [1.29, 1.82) is 0 Å². The molecule has 0 radical (unpaired) electrons. The number of amides is 2. The Morgan fingerprint density at radius 2 is 2.05 bits per heavy atom. The van der Waals surface area contributed by atoms with E-state index in [4.69, 9.17) is 16.3 Å². The van der Waals surface area contributed by atoms with Gasteiger partial charge in [0.25, 0.3) is 5.91 Å². The molecular weight excluding hydrogens is 307 g/mol. The molecule has 118 valence electrons. The number of nitrogens with one attached hydrogen (secondary N) is 1. The van der Waals surface area contributed by atoms with E-state index in [0.717, 1.165) is 5.01 Å². The topological polar surface area (TPSA) is 128 Å². The second kappa shape index (κ2) is 6.39. The molecule has 1 fully saturated rings. The van der Waals surface area contributed by atoms with Crippen molar-refractivity contribution in [3.8, 4) is 5.75 Å². The molecule has 1 saturated heterocycles. The molecule has 0 aromatic heterocycles.